The molecule has 2 aromatic carbocycles. The number of carboxylic acids is 1. The summed E-state index contributed by atoms with van der Waals surface area (Å²) in [7, 11) is 1.59. The third-order valence-electron chi connectivity index (χ3n) is 4.03. The fraction of sp³-hybridized carbons (Fsp3) is 0.222. The number of rotatable bonds is 5. The maximum Gasteiger partial charge on any atom is 0.335 e. The molecule has 0 spiro atoms. The molecule has 0 saturated carbocycles. The van der Waals surface area contributed by atoms with Gasteiger partial charge in [-0.15, -0.1) is 0 Å². The number of benzene rings is 2. The first-order valence-corrected chi connectivity index (χ1v) is 7.60. The van der Waals surface area contributed by atoms with Crippen molar-refractivity contribution in [2.24, 2.45) is 0 Å². The number of carbonyl (C=O) groups is 2. The number of nitrogens with zero attached hydrogens (tertiary/aromatic N) is 1. The van der Waals surface area contributed by atoms with E-state index in [-0.39, 0.29) is 17.6 Å². The first-order chi connectivity index (χ1) is 11.6. The van der Waals surface area contributed by atoms with E-state index >= 15 is 0 Å². The van der Waals surface area contributed by atoms with Gasteiger partial charge in [-0.2, -0.15) is 0 Å². The van der Waals surface area contributed by atoms with E-state index in [9.17, 15) is 9.59 Å². The molecule has 1 heterocycles. The molecule has 6 heteroatoms. The zero-order valence-corrected chi connectivity index (χ0v) is 13.2. The Morgan fingerprint density at radius 2 is 1.92 bits per heavy atom. The highest BCUT2D eigenvalue weighted by atomic mass is 16.5. The van der Waals surface area contributed by atoms with E-state index < -0.39 is 5.97 Å². The number of anilines is 1. The Morgan fingerprint density at radius 1 is 1.21 bits per heavy atom. The number of aromatic carboxylic acids is 1. The number of hydrogen-bond donors (Lipinski definition) is 2. The molecule has 0 aliphatic carbocycles. The average Bonchev–Trinajstić information content (AvgIpc) is 2.61. The van der Waals surface area contributed by atoms with Crippen LogP contribution in [-0.4, -0.2) is 42.1 Å². The van der Waals surface area contributed by atoms with Gasteiger partial charge < -0.3 is 20.1 Å². The number of amides is 1. The van der Waals surface area contributed by atoms with Gasteiger partial charge in [-0.05, 0) is 29.8 Å². The van der Waals surface area contributed by atoms with Crippen molar-refractivity contribution in [1.82, 2.24) is 4.90 Å². The highest BCUT2D eigenvalue weighted by Crippen LogP contribution is 2.32. The van der Waals surface area contributed by atoms with Crippen LogP contribution in [0.25, 0.3) is 0 Å². The molecule has 24 heavy (non-hydrogen) atoms. The summed E-state index contributed by atoms with van der Waals surface area (Å²) in [5.41, 5.74) is 2.42. The van der Waals surface area contributed by atoms with Crippen LogP contribution in [-0.2, 0) is 4.74 Å². The van der Waals surface area contributed by atoms with Gasteiger partial charge in [0, 0.05) is 19.3 Å². The van der Waals surface area contributed by atoms with E-state index in [1.54, 1.807) is 42.3 Å². The molecule has 0 unspecified atom stereocenters. The largest absolute Gasteiger partial charge is 0.478 e. The summed E-state index contributed by atoms with van der Waals surface area (Å²) in [4.78, 5) is 25.5. The van der Waals surface area contributed by atoms with E-state index in [4.69, 9.17) is 9.84 Å². The second-order valence-electron chi connectivity index (χ2n) is 5.51. The summed E-state index contributed by atoms with van der Waals surface area (Å²) in [6.07, 6.45) is -0.370. The number of methoxy groups -OCH3 is 1. The van der Waals surface area contributed by atoms with Crippen LogP contribution in [0.3, 0.4) is 0 Å². The quantitative estimate of drug-likeness (QED) is 0.883. The van der Waals surface area contributed by atoms with Crippen LogP contribution >= 0.6 is 0 Å². The minimum absolute atomic E-state index is 0.0753. The van der Waals surface area contributed by atoms with Gasteiger partial charge >= 0.3 is 5.97 Å². The molecule has 3 rings (SSSR count). The lowest BCUT2D eigenvalue weighted by Crippen LogP contribution is -2.44. The van der Waals surface area contributed by atoms with Crippen molar-refractivity contribution in [2.75, 3.05) is 25.6 Å². The fourth-order valence-corrected chi connectivity index (χ4v) is 2.78. The van der Waals surface area contributed by atoms with Gasteiger partial charge in [0.2, 0.25) is 0 Å². The molecule has 0 aromatic heterocycles. The van der Waals surface area contributed by atoms with Gasteiger partial charge in [-0.25, -0.2) is 4.79 Å². The topological polar surface area (TPSA) is 78.9 Å². The van der Waals surface area contributed by atoms with E-state index in [2.05, 4.69) is 5.32 Å². The normalized spacial score (nSPS) is 16.5. The van der Waals surface area contributed by atoms with E-state index in [0.717, 1.165) is 11.3 Å². The van der Waals surface area contributed by atoms with Crippen LogP contribution in [0.2, 0.25) is 0 Å². The lowest BCUT2D eigenvalue weighted by atomic mass is 10.0. The molecule has 1 aliphatic heterocycles. The number of ether oxygens (including phenoxy) is 1. The van der Waals surface area contributed by atoms with Gasteiger partial charge in [-0.3, -0.25) is 4.79 Å². The molecule has 2 N–H and O–H groups in total. The Bertz CT molecular complexity index is 758. The van der Waals surface area contributed by atoms with Crippen LogP contribution in [0.4, 0.5) is 5.69 Å². The van der Waals surface area contributed by atoms with Gasteiger partial charge in [0.05, 0.1) is 17.7 Å². The summed E-state index contributed by atoms with van der Waals surface area (Å²) in [5, 5.41) is 12.4. The van der Waals surface area contributed by atoms with E-state index in [1.807, 2.05) is 18.2 Å². The molecular weight excluding hydrogens is 308 g/mol. The number of fused-ring (bicyclic) bond motifs is 1. The molecule has 2 aromatic rings. The fourth-order valence-electron chi connectivity index (χ4n) is 2.78. The zero-order chi connectivity index (χ0) is 17.1. The smallest absolute Gasteiger partial charge is 0.335 e. The monoisotopic (exact) mass is 326 g/mol. The summed E-state index contributed by atoms with van der Waals surface area (Å²) in [6.45, 7) is 0.849. The number of hydrogen-bond acceptors (Lipinski definition) is 4. The predicted molar refractivity (Wildman–Crippen MR) is 89.1 cm³/mol. The summed E-state index contributed by atoms with van der Waals surface area (Å²) >= 11 is 0. The van der Waals surface area contributed by atoms with Crippen LogP contribution in [0.5, 0.6) is 0 Å². The van der Waals surface area contributed by atoms with Crippen molar-refractivity contribution < 1.29 is 19.4 Å². The van der Waals surface area contributed by atoms with E-state index in [1.165, 1.54) is 0 Å². The third kappa shape index (κ3) is 2.96. The van der Waals surface area contributed by atoms with E-state index in [0.29, 0.717) is 18.7 Å². The third-order valence-corrected chi connectivity index (χ3v) is 4.03. The lowest BCUT2D eigenvalue weighted by Gasteiger charge is -2.38. The summed E-state index contributed by atoms with van der Waals surface area (Å²) in [5.74, 6) is -1.05. The van der Waals surface area contributed by atoms with Gasteiger partial charge in [0.25, 0.3) is 5.91 Å². The Morgan fingerprint density at radius 3 is 2.58 bits per heavy atom. The number of para-hydroxylation sites is 1. The standard InChI is InChI=1S/C18H18N2O4/c1-24-11-10-20-16(12-6-8-13(9-7-12)18(22)23)19-15-5-3-2-4-14(15)17(20)21/h2-9,16,19H,10-11H2,1H3,(H,22,23)/t16-/m0/s1. The predicted octanol–water partition coefficient (Wildman–Crippen LogP) is 2.60. The second kappa shape index (κ2) is 6.72. The molecule has 124 valence electrons. The highest BCUT2D eigenvalue weighted by Gasteiger charge is 2.32. The number of carbonyl (C=O) groups excluding carboxylic acids is 1. The summed E-state index contributed by atoms with van der Waals surface area (Å²) in [6, 6.07) is 13.9. The Hall–Kier alpha value is -2.86. The molecule has 6 nitrogen and oxygen atoms in total. The molecule has 0 radical (unpaired) electrons. The van der Waals surface area contributed by atoms with Crippen LogP contribution < -0.4 is 5.32 Å². The molecule has 0 fully saturated rings. The summed E-state index contributed by atoms with van der Waals surface area (Å²) < 4.78 is 5.12. The molecule has 0 bridgehead atoms. The molecule has 0 saturated heterocycles. The molecular formula is C18H18N2O4. The maximum absolute atomic E-state index is 12.8. The Labute approximate surface area is 139 Å². The Kier molecular flexibility index (Phi) is 4.48. The van der Waals surface area contributed by atoms with Crippen molar-refractivity contribution in [3.8, 4) is 0 Å². The van der Waals surface area contributed by atoms with Crippen molar-refractivity contribution in [2.45, 2.75) is 6.17 Å². The Balaban J connectivity index is 1.97. The number of carboxylic acid groups (broad SMARTS) is 1. The first kappa shape index (κ1) is 16.0. The molecule has 1 aliphatic rings. The molecule has 1 amide bonds. The molecule has 1 atom stereocenters. The van der Waals surface area contributed by atoms with Gasteiger partial charge in [0.1, 0.15) is 6.17 Å². The van der Waals surface area contributed by atoms with Gasteiger partial charge in [0.15, 0.2) is 0 Å². The lowest BCUT2D eigenvalue weighted by molar-refractivity contribution is 0.0608. The van der Waals surface area contributed by atoms with Gasteiger partial charge in [-0.1, -0.05) is 24.3 Å². The van der Waals surface area contributed by atoms with Crippen LogP contribution in [0.15, 0.2) is 48.5 Å². The second-order valence-corrected chi connectivity index (χ2v) is 5.51. The number of nitrogens with one attached hydrogen (secondary N) is 1. The van der Waals surface area contributed by atoms with Crippen molar-refractivity contribution >= 4 is 17.6 Å². The van der Waals surface area contributed by atoms with Crippen LogP contribution in [0.1, 0.15) is 32.4 Å². The SMILES string of the molecule is COCCN1C(=O)c2ccccc2N[C@@H]1c1ccc(C(=O)O)cc1. The first-order valence-electron chi connectivity index (χ1n) is 7.60. The van der Waals surface area contributed by atoms with Crippen LogP contribution in [0, 0.1) is 0 Å². The van der Waals surface area contributed by atoms with Crippen molar-refractivity contribution in [1.29, 1.82) is 0 Å². The maximum atomic E-state index is 12.8. The highest BCUT2D eigenvalue weighted by molar-refractivity contribution is 6.01. The van der Waals surface area contributed by atoms with Crippen molar-refractivity contribution in [3.63, 3.8) is 0 Å². The zero-order valence-electron chi connectivity index (χ0n) is 13.2. The van der Waals surface area contributed by atoms with Crippen molar-refractivity contribution in [3.05, 3.63) is 65.2 Å². The minimum Gasteiger partial charge on any atom is -0.478 e. The average molecular weight is 326 g/mol. The minimum atomic E-state index is -0.976.